The largest absolute Gasteiger partial charge is 0.376 e. The van der Waals surface area contributed by atoms with Crippen molar-refractivity contribution in [3.8, 4) is 0 Å². The topological polar surface area (TPSA) is 46.2 Å². The maximum atomic E-state index is 9.36. The number of hydrogen-bond donors (Lipinski definition) is 2. The van der Waals surface area contributed by atoms with Gasteiger partial charge in [-0.1, -0.05) is 27.7 Å². The van der Waals surface area contributed by atoms with Crippen molar-refractivity contribution in [2.45, 2.75) is 53.2 Å². The molecule has 0 radical (unpaired) electrons. The Morgan fingerprint density at radius 3 is 1.83 bits per heavy atom. The fourth-order valence-corrected chi connectivity index (χ4v) is 1.82. The van der Waals surface area contributed by atoms with Gasteiger partial charge in [-0.2, -0.15) is 0 Å². The molecule has 12 heavy (non-hydrogen) atoms. The molecule has 0 aliphatic carbocycles. The molecule has 0 heterocycles. The van der Waals surface area contributed by atoms with E-state index in [-0.39, 0.29) is 0 Å². The molecular weight excluding hydrogens is 150 g/mol. The van der Waals surface area contributed by atoms with E-state index in [1.54, 1.807) is 6.92 Å². The second kappa shape index (κ2) is 3.75. The number of nitrogens with two attached hydrogens (primary N) is 1. The summed E-state index contributed by atoms with van der Waals surface area (Å²) in [5.41, 5.74) is 4.83. The van der Waals surface area contributed by atoms with Crippen LogP contribution in [0, 0.1) is 11.3 Å². The molecule has 74 valence electrons. The van der Waals surface area contributed by atoms with Crippen LogP contribution in [0.5, 0.6) is 0 Å². The highest BCUT2D eigenvalue weighted by Gasteiger charge is 2.21. The summed E-state index contributed by atoms with van der Waals surface area (Å²) >= 11 is 0. The average Bonchev–Trinajstić information content (AvgIpc) is 1.49. The van der Waals surface area contributed by atoms with Gasteiger partial charge in [-0.05, 0) is 31.1 Å². The van der Waals surface area contributed by atoms with Crippen molar-refractivity contribution in [3.05, 3.63) is 0 Å². The molecule has 0 rings (SSSR count). The van der Waals surface area contributed by atoms with Crippen molar-refractivity contribution in [2.75, 3.05) is 0 Å². The summed E-state index contributed by atoms with van der Waals surface area (Å²) in [6.45, 7) is 10.4. The zero-order valence-corrected chi connectivity index (χ0v) is 9.02. The van der Waals surface area contributed by atoms with Gasteiger partial charge in [0, 0.05) is 0 Å². The van der Waals surface area contributed by atoms with Gasteiger partial charge in [0.2, 0.25) is 0 Å². The second-order valence-electron chi connectivity index (χ2n) is 5.43. The van der Waals surface area contributed by atoms with Crippen LogP contribution in [0.2, 0.25) is 0 Å². The lowest BCUT2D eigenvalue weighted by atomic mass is 9.82. The molecule has 0 aromatic carbocycles. The summed E-state index contributed by atoms with van der Waals surface area (Å²) in [6, 6.07) is 0. The Bertz CT molecular complexity index is 114. The number of aliphatic hydroxyl groups is 1. The fraction of sp³-hybridized carbons (Fsp3) is 1.00. The molecule has 0 aromatic rings. The summed E-state index contributed by atoms with van der Waals surface area (Å²) < 4.78 is 0. The smallest absolute Gasteiger partial charge is 0.110 e. The highest BCUT2D eigenvalue weighted by Crippen LogP contribution is 2.27. The maximum absolute atomic E-state index is 9.36. The lowest BCUT2D eigenvalue weighted by Crippen LogP contribution is -2.37. The molecule has 0 saturated heterocycles. The molecule has 0 aliphatic heterocycles. The van der Waals surface area contributed by atoms with Crippen LogP contribution in [0.25, 0.3) is 0 Å². The van der Waals surface area contributed by atoms with Crippen molar-refractivity contribution >= 4 is 0 Å². The minimum atomic E-state index is -1.01. The molecule has 0 fully saturated rings. The predicted molar refractivity (Wildman–Crippen MR) is 52.7 cm³/mol. The zero-order valence-electron chi connectivity index (χ0n) is 9.02. The van der Waals surface area contributed by atoms with E-state index in [0.29, 0.717) is 17.8 Å². The lowest BCUT2D eigenvalue weighted by molar-refractivity contribution is 0.0366. The molecule has 0 amide bonds. The van der Waals surface area contributed by atoms with Crippen LogP contribution in [0.1, 0.15) is 47.5 Å². The molecule has 0 aromatic heterocycles. The van der Waals surface area contributed by atoms with Crippen LogP contribution < -0.4 is 5.73 Å². The van der Waals surface area contributed by atoms with Crippen LogP contribution in [0.15, 0.2) is 0 Å². The van der Waals surface area contributed by atoms with E-state index < -0.39 is 5.72 Å². The predicted octanol–water partition coefficient (Wildman–Crippen LogP) is 2.12. The van der Waals surface area contributed by atoms with Gasteiger partial charge in [-0.25, -0.2) is 0 Å². The molecule has 0 saturated carbocycles. The van der Waals surface area contributed by atoms with E-state index in [4.69, 9.17) is 5.73 Å². The van der Waals surface area contributed by atoms with E-state index in [1.807, 2.05) is 0 Å². The Balaban J connectivity index is 3.83. The van der Waals surface area contributed by atoms with Gasteiger partial charge in [0.15, 0.2) is 0 Å². The first-order valence-corrected chi connectivity index (χ1v) is 4.61. The van der Waals surface area contributed by atoms with Gasteiger partial charge < -0.3 is 10.8 Å². The van der Waals surface area contributed by atoms with E-state index in [1.165, 1.54) is 0 Å². The molecule has 0 spiro atoms. The second-order valence-corrected chi connectivity index (χ2v) is 5.43. The minimum Gasteiger partial charge on any atom is -0.376 e. The van der Waals surface area contributed by atoms with Crippen LogP contribution in [0.4, 0.5) is 0 Å². The van der Waals surface area contributed by atoms with Gasteiger partial charge in [0.05, 0.1) is 0 Å². The maximum Gasteiger partial charge on any atom is 0.110 e. The molecule has 2 unspecified atom stereocenters. The molecule has 2 heteroatoms. The Kier molecular flexibility index (Phi) is 3.73. The Labute approximate surface area is 76.2 Å². The third-order valence-electron chi connectivity index (χ3n) is 1.72. The monoisotopic (exact) mass is 173 g/mol. The first kappa shape index (κ1) is 11.9. The Morgan fingerprint density at radius 2 is 1.58 bits per heavy atom. The normalized spacial score (nSPS) is 20.2. The Morgan fingerprint density at radius 1 is 1.17 bits per heavy atom. The SMILES string of the molecule is CC(CC(C)(C)C)CC(C)(N)O. The minimum absolute atomic E-state index is 0.324. The van der Waals surface area contributed by atoms with Gasteiger partial charge in [0.25, 0.3) is 0 Å². The van der Waals surface area contributed by atoms with E-state index in [0.717, 1.165) is 6.42 Å². The molecule has 3 N–H and O–H groups in total. The van der Waals surface area contributed by atoms with E-state index in [2.05, 4.69) is 27.7 Å². The summed E-state index contributed by atoms with van der Waals surface area (Å²) in [4.78, 5) is 0. The number of hydrogen-bond acceptors (Lipinski definition) is 2. The van der Waals surface area contributed by atoms with Crippen LogP contribution in [-0.2, 0) is 0 Å². The first-order valence-electron chi connectivity index (χ1n) is 4.61. The van der Waals surface area contributed by atoms with E-state index >= 15 is 0 Å². The Hall–Kier alpha value is -0.0800. The number of rotatable bonds is 3. The van der Waals surface area contributed by atoms with Crippen molar-refractivity contribution in [2.24, 2.45) is 17.1 Å². The quantitative estimate of drug-likeness (QED) is 0.642. The average molecular weight is 173 g/mol. The highest BCUT2D eigenvalue weighted by atomic mass is 16.3. The van der Waals surface area contributed by atoms with Gasteiger partial charge in [-0.3, -0.25) is 0 Å². The fourth-order valence-electron chi connectivity index (χ4n) is 1.82. The molecule has 0 aliphatic rings. The van der Waals surface area contributed by atoms with Crippen LogP contribution >= 0.6 is 0 Å². The highest BCUT2D eigenvalue weighted by molar-refractivity contribution is 4.72. The third-order valence-corrected chi connectivity index (χ3v) is 1.72. The van der Waals surface area contributed by atoms with Gasteiger partial charge in [-0.15, -0.1) is 0 Å². The van der Waals surface area contributed by atoms with Crippen molar-refractivity contribution in [1.82, 2.24) is 0 Å². The van der Waals surface area contributed by atoms with E-state index in [9.17, 15) is 5.11 Å². The van der Waals surface area contributed by atoms with Crippen molar-refractivity contribution < 1.29 is 5.11 Å². The molecule has 2 atom stereocenters. The standard InChI is InChI=1S/C10H23NO/c1-8(6-9(2,3)4)7-10(5,11)12/h8,12H,6-7,11H2,1-5H3. The molecule has 2 nitrogen and oxygen atoms in total. The third kappa shape index (κ3) is 8.02. The van der Waals surface area contributed by atoms with Crippen molar-refractivity contribution in [1.29, 1.82) is 0 Å². The van der Waals surface area contributed by atoms with Crippen molar-refractivity contribution in [3.63, 3.8) is 0 Å². The summed E-state index contributed by atoms with van der Waals surface area (Å²) in [5.74, 6) is 0.477. The van der Waals surface area contributed by atoms with Gasteiger partial charge >= 0.3 is 0 Å². The molecule has 0 bridgehead atoms. The van der Waals surface area contributed by atoms with Gasteiger partial charge in [0.1, 0.15) is 5.72 Å². The van der Waals surface area contributed by atoms with Crippen LogP contribution in [0.3, 0.4) is 0 Å². The van der Waals surface area contributed by atoms with Crippen LogP contribution in [-0.4, -0.2) is 10.8 Å². The summed E-state index contributed by atoms with van der Waals surface area (Å²) in [7, 11) is 0. The lowest BCUT2D eigenvalue weighted by Gasteiger charge is -2.27. The first-order chi connectivity index (χ1) is 5.10. The summed E-state index contributed by atoms with van der Waals surface area (Å²) in [6.07, 6.45) is 1.77. The summed E-state index contributed by atoms with van der Waals surface area (Å²) in [5, 5.41) is 9.36. The molecular formula is C10H23NO. The zero-order chi connectivity index (χ0) is 9.99.